The first-order valence-corrected chi connectivity index (χ1v) is 7.65. The number of aliphatic hydroxyl groups is 1. The lowest BCUT2D eigenvalue weighted by atomic mass is 10.00. The van der Waals surface area contributed by atoms with Gasteiger partial charge in [0.1, 0.15) is 0 Å². The van der Waals surface area contributed by atoms with Crippen molar-refractivity contribution in [2.75, 3.05) is 0 Å². The zero-order valence-electron chi connectivity index (χ0n) is 13.0. The monoisotopic (exact) mass is 314 g/mol. The number of hydrogen-bond acceptors (Lipinski definition) is 2. The number of halogens is 1. The van der Waals surface area contributed by atoms with Gasteiger partial charge >= 0.3 is 0 Å². The maximum atomic E-state index is 10.0. The van der Waals surface area contributed by atoms with Crippen LogP contribution >= 0.6 is 11.6 Å². The van der Waals surface area contributed by atoms with Gasteiger partial charge in [0.05, 0.1) is 29.5 Å². The normalized spacial score (nSPS) is 12.0. The van der Waals surface area contributed by atoms with Crippen molar-refractivity contribution in [2.24, 2.45) is 0 Å². The summed E-state index contributed by atoms with van der Waals surface area (Å²) in [6.45, 7) is 6.16. The summed E-state index contributed by atoms with van der Waals surface area (Å²) in [6, 6.07) is 12.1. The van der Waals surface area contributed by atoms with Crippen LogP contribution in [-0.4, -0.2) is 20.3 Å². The van der Waals surface area contributed by atoms with Gasteiger partial charge in [0, 0.05) is 5.02 Å². The predicted molar refractivity (Wildman–Crippen MR) is 91.2 cm³/mol. The average Bonchev–Trinajstić information content (AvgIpc) is 2.79. The van der Waals surface area contributed by atoms with Gasteiger partial charge in [-0.25, -0.2) is 4.98 Å². The van der Waals surface area contributed by atoms with E-state index in [2.05, 4.69) is 24.0 Å². The van der Waals surface area contributed by atoms with Crippen LogP contribution in [-0.2, 0) is 6.54 Å². The quantitative estimate of drug-likeness (QED) is 0.776. The molecule has 0 saturated heterocycles. The van der Waals surface area contributed by atoms with E-state index >= 15 is 0 Å². The minimum Gasteiger partial charge on any atom is -0.389 e. The molecule has 4 heteroatoms. The smallest absolute Gasteiger partial charge is 0.0959 e. The molecule has 0 aliphatic rings. The summed E-state index contributed by atoms with van der Waals surface area (Å²) in [5.41, 5.74) is 4.59. The third-order valence-electron chi connectivity index (χ3n) is 3.68. The molecule has 22 heavy (non-hydrogen) atoms. The van der Waals surface area contributed by atoms with Crippen molar-refractivity contribution >= 4 is 22.6 Å². The van der Waals surface area contributed by atoms with Gasteiger partial charge in [-0.1, -0.05) is 23.7 Å². The lowest BCUT2D eigenvalue weighted by Gasteiger charge is -2.18. The molecule has 0 aliphatic heterocycles. The van der Waals surface area contributed by atoms with E-state index in [-0.39, 0.29) is 0 Å². The highest BCUT2D eigenvalue weighted by molar-refractivity contribution is 6.30. The van der Waals surface area contributed by atoms with Gasteiger partial charge in [-0.3, -0.25) is 0 Å². The maximum Gasteiger partial charge on any atom is 0.0959 e. The minimum absolute atomic E-state index is 0.507. The molecule has 1 N–H and O–H groups in total. The Morgan fingerprint density at radius 3 is 2.64 bits per heavy atom. The number of aryl methyl sites for hydroxylation is 1. The molecule has 114 valence electrons. The Morgan fingerprint density at radius 1 is 1.18 bits per heavy atom. The Kier molecular flexibility index (Phi) is 3.71. The van der Waals surface area contributed by atoms with Crippen molar-refractivity contribution in [3.63, 3.8) is 0 Å². The van der Waals surface area contributed by atoms with E-state index in [0.717, 1.165) is 32.7 Å². The molecule has 1 aromatic heterocycles. The topological polar surface area (TPSA) is 38.0 Å². The zero-order valence-corrected chi connectivity index (χ0v) is 13.7. The van der Waals surface area contributed by atoms with Crippen molar-refractivity contribution in [2.45, 2.75) is 32.9 Å². The fourth-order valence-electron chi connectivity index (χ4n) is 2.72. The van der Waals surface area contributed by atoms with E-state index in [1.54, 1.807) is 20.2 Å². The summed E-state index contributed by atoms with van der Waals surface area (Å²) >= 11 is 6.04. The molecular weight excluding hydrogens is 296 g/mol. The fraction of sp³-hybridized carbons (Fsp3) is 0.278. The van der Waals surface area contributed by atoms with E-state index in [4.69, 9.17) is 11.6 Å². The highest BCUT2D eigenvalue weighted by Gasteiger charge is 2.15. The molecule has 0 radical (unpaired) electrons. The van der Waals surface area contributed by atoms with Crippen LogP contribution in [0.15, 0.2) is 42.7 Å². The van der Waals surface area contributed by atoms with Crippen molar-refractivity contribution in [3.8, 4) is 11.1 Å². The van der Waals surface area contributed by atoms with E-state index in [9.17, 15) is 5.11 Å². The summed E-state index contributed by atoms with van der Waals surface area (Å²) < 4.78 is 1.99. The summed E-state index contributed by atoms with van der Waals surface area (Å²) in [5, 5.41) is 10.8. The Balaban J connectivity index is 2.10. The highest BCUT2D eigenvalue weighted by atomic mass is 35.5. The van der Waals surface area contributed by atoms with Crippen LogP contribution in [0.2, 0.25) is 5.02 Å². The van der Waals surface area contributed by atoms with Gasteiger partial charge in [0.2, 0.25) is 0 Å². The molecule has 0 unspecified atom stereocenters. The summed E-state index contributed by atoms with van der Waals surface area (Å²) in [7, 11) is 0. The van der Waals surface area contributed by atoms with E-state index in [1.165, 1.54) is 0 Å². The van der Waals surface area contributed by atoms with Gasteiger partial charge in [0.15, 0.2) is 0 Å². The molecular formula is C18H19ClN2O. The molecule has 0 bridgehead atoms. The Labute approximate surface area is 135 Å². The predicted octanol–water partition coefficient (Wildman–Crippen LogP) is 4.44. The molecule has 3 nitrogen and oxygen atoms in total. The zero-order chi connectivity index (χ0) is 15.9. The SMILES string of the molecule is Cc1cc(Cl)ccc1-c1ccc2ncn(CC(C)(C)O)c2c1. The second-order valence-electron chi connectivity index (χ2n) is 6.35. The van der Waals surface area contributed by atoms with Crippen LogP contribution in [0.25, 0.3) is 22.2 Å². The standard InChI is InChI=1S/C18H19ClN2O/c1-12-8-14(19)5-6-15(12)13-4-7-16-17(9-13)21(11-20-16)10-18(2,3)22/h4-9,11,22H,10H2,1-3H3. The fourth-order valence-corrected chi connectivity index (χ4v) is 2.94. The first kappa shape index (κ1) is 15.1. The van der Waals surface area contributed by atoms with Crippen LogP contribution in [0.1, 0.15) is 19.4 Å². The van der Waals surface area contributed by atoms with Crippen LogP contribution in [0.5, 0.6) is 0 Å². The summed E-state index contributed by atoms with van der Waals surface area (Å²) in [4.78, 5) is 4.40. The Bertz CT molecular complexity index is 831. The van der Waals surface area contributed by atoms with Crippen LogP contribution < -0.4 is 0 Å². The average molecular weight is 315 g/mol. The molecule has 3 rings (SSSR count). The van der Waals surface area contributed by atoms with Crippen LogP contribution in [0.3, 0.4) is 0 Å². The van der Waals surface area contributed by atoms with Crippen molar-refractivity contribution in [1.82, 2.24) is 9.55 Å². The number of hydrogen-bond donors (Lipinski definition) is 1. The molecule has 1 heterocycles. The molecule has 2 aromatic carbocycles. The van der Waals surface area contributed by atoms with Crippen LogP contribution in [0, 0.1) is 6.92 Å². The maximum absolute atomic E-state index is 10.0. The van der Waals surface area contributed by atoms with Gasteiger partial charge in [-0.05, 0) is 61.7 Å². The Morgan fingerprint density at radius 2 is 1.95 bits per heavy atom. The van der Waals surface area contributed by atoms with Crippen LogP contribution in [0.4, 0.5) is 0 Å². The van der Waals surface area contributed by atoms with Crippen molar-refractivity contribution in [1.29, 1.82) is 0 Å². The van der Waals surface area contributed by atoms with Crippen molar-refractivity contribution in [3.05, 3.63) is 53.3 Å². The molecule has 0 fully saturated rings. The van der Waals surface area contributed by atoms with Gasteiger partial charge < -0.3 is 9.67 Å². The van der Waals surface area contributed by atoms with Crippen molar-refractivity contribution < 1.29 is 5.11 Å². The second kappa shape index (κ2) is 5.41. The lowest BCUT2D eigenvalue weighted by Crippen LogP contribution is -2.25. The molecule has 0 saturated carbocycles. The first-order valence-electron chi connectivity index (χ1n) is 7.27. The number of rotatable bonds is 3. The number of aromatic nitrogens is 2. The number of imidazole rings is 1. The lowest BCUT2D eigenvalue weighted by molar-refractivity contribution is 0.0627. The molecule has 0 amide bonds. The molecule has 0 atom stereocenters. The van der Waals surface area contributed by atoms with E-state index in [1.807, 2.05) is 28.8 Å². The van der Waals surface area contributed by atoms with Gasteiger partial charge in [-0.2, -0.15) is 0 Å². The third-order valence-corrected chi connectivity index (χ3v) is 3.91. The first-order chi connectivity index (χ1) is 10.3. The molecule has 0 aliphatic carbocycles. The number of nitrogens with zero attached hydrogens (tertiary/aromatic N) is 2. The largest absolute Gasteiger partial charge is 0.389 e. The third kappa shape index (κ3) is 3.01. The summed E-state index contributed by atoms with van der Waals surface area (Å²) in [6.07, 6.45) is 1.78. The minimum atomic E-state index is -0.778. The number of fused-ring (bicyclic) bond motifs is 1. The Hall–Kier alpha value is -1.84. The van der Waals surface area contributed by atoms with E-state index < -0.39 is 5.60 Å². The summed E-state index contributed by atoms with van der Waals surface area (Å²) in [5.74, 6) is 0. The molecule has 3 aromatic rings. The second-order valence-corrected chi connectivity index (χ2v) is 6.78. The van der Waals surface area contributed by atoms with Gasteiger partial charge in [-0.15, -0.1) is 0 Å². The van der Waals surface area contributed by atoms with Gasteiger partial charge in [0.25, 0.3) is 0 Å². The number of benzene rings is 2. The highest BCUT2D eigenvalue weighted by Crippen LogP contribution is 2.29. The molecule has 0 spiro atoms. The van der Waals surface area contributed by atoms with E-state index in [0.29, 0.717) is 6.54 Å².